The van der Waals surface area contributed by atoms with Gasteiger partial charge in [0.25, 0.3) is 0 Å². The standard InChI is InChI=1S/C5H10Cl2Si/c1-3-4-8(2,7)5-6/h3H,1,4-5H2,2H3. The van der Waals surface area contributed by atoms with Crippen LogP contribution in [0.2, 0.25) is 12.6 Å². The van der Waals surface area contributed by atoms with Gasteiger partial charge in [-0.3, -0.25) is 0 Å². The molecule has 0 nitrogen and oxygen atoms in total. The van der Waals surface area contributed by atoms with Crippen LogP contribution in [-0.4, -0.2) is 12.9 Å². The van der Waals surface area contributed by atoms with Crippen LogP contribution in [-0.2, 0) is 0 Å². The molecule has 1 atom stereocenters. The summed E-state index contributed by atoms with van der Waals surface area (Å²) in [6, 6.07) is 0.901. The fraction of sp³-hybridized carbons (Fsp3) is 0.600. The van der Waals surface area contributed by atoms with Gasteiger partial charge in [0, 0.05) is 5.50 Å². The van der Waals surface area contributed by atoms with Gasteiger partial charge in [-0.2, -0.15) is 11.1 Å². The second kappa shape index (κ2) is 3.54. The molecule has 0 fully saturated rings. The van der Waals surface area contributed by atoms with Crippen LogP contribution >= 0.6 is 22.7 Å². The number of hydrogen-bond donors (Lipinski definition) is 0. The van der Waals surface area contributed by atoms with Crippen molar-refractivity contribution in [3.05, 3.63) is 12.7 Å². The van der Waals surface area contributed by atoms with Crippen LogP contribution in [0.3, 0.4) is 0 Å². The van der Waals surface area contributed by atoms with Crippen molar-refractivity contribution in [1.29, 1.82) is 0 Å². The van der Waals surface area contributed by atoms with Crippen LogP contribution < -0.4 is 0 Å². The van der Waals surface area contributed by atoms with Crippen LogP contribution in [0.25, 0.3) is 0 Å². The monoisotopic (exact) mass is 168 g/mol. The molecule has 0 radical (unpaired) electrons. The third-order valence-corrected chi connectivity index (χ3v) is 5.59. The van der Waals surface area contributed by atoms with Crippen LogP contribution in [0, 0.1) is 0 Å². The van der Waals surface area contributed by atoms with Crippen molar-refractivity contribution >= 4 is 30.1 Å². The van der Waals surface area contributed by atoms with Gasteiger partial charge in [0.15, 0.2) is 7.38 Å². The van der Waals surface area contributed by atoms with Crippen molar-refractivity contribution in [2.45, 2.75) is 12.6 Å². The van der Waals surface area contributed by atoms with Crippen LogP contribution in [0.4, 0.5) is 0 Å². The second-order valence-corrected chi connectivity index (χ2v) is 9.08. The van der Waals surface area contributed by atoms with Gasteiger partial charge in [-0.25, -0.2) is 0 Å². The Balaban J connectivity index is 3.53. The lowest BCUT2D eigenvalue weighted by Crippen LogP contribution is -2.23. The molecule has 0 aliphatic rings. The van der Waals surface area contributed by atoms with E-state index in [0.717, 1.165) is 6.04 Å². The van der Waals surface area contributed by atoms with Gasteiger partial charge in [-0.05, 0) is 6.04 Å². The number of rotatable bonds is 3. The zero-order valence-electron chi connectivity index (χ0n) is 4.95. The zero-order valence-corrected chi connectivity index (χ0v) is 7.47. The summed E-state index contributed by atoms with van der Waals surface area (Å²) in [7, 11) is -1.56. The highest BCUT2D eigenvalue weighted by Crippen LogP contribution is 2.16. The highest BCUT2D eigenvalue weighted by atomic mass is 35.6. The molecule has 0 bridgehead atoms. The molecule has 0 rings (SSSR count). The summed E-state index contributed by atoms with van der Waals surface area (Å²) in [5.74, 6) is 0. The maximum absolute atomic E-state index is 5.96. The Morgan fingerprint density at radius 3 is 2.38 bits per heavy atom. The molecule has 0 N–H and O–H groups in total. The van der Waals surface area contributed by atoms with E-state index in [4.69, 9.17) is 22.7 Å². The molecule has 0 aromatic heterocycles. The maximum atomic E-state index is 5.96. The number of alkyl halides is 1. The van der Waals surface area contributed by atoms with E-state index in [-0.39, 0.29) is 0 Å². The third-order valence-electron chi connectivity index (χ3n) is 0.849. The van der Waals surface area contributed by atoms with Crippen molar-refractivity contribution in [3.63, 3.8) is 0 Å². The second-order valence-electron chi connectivity index (χ2n) is 2.04. The predicted octanol–water partition coefficient (Wildman–Crippen LogP) is 2.76. The molecule has 0 saturated heterocycles. The maximum Gasteiger partial charge on any atom is 0.171 e. The zero-order chi connectivity index (χ0) is 6.62. The topological polar surface area (TPSA) is 0 Å². The molecule has 0 aliphatic carbocycles. The smallest absolute Gasteiger partial charge is 0.166 e. The third kappa shape index (κ3) is 3.53. The molecule has 0 heterocycles. The van der Waals surface area contributed by atoms with Gasteiger partial charge in [0.2, 0.25) is 0 Å². The Morgan fingerprint density at radius 1 is 1.75 bits per heavy atom. The molecular weight excluding hydrogens is 159 g/mol. The van der Waals surface area contributed by atoms with Crippen molar-refractivity contribution < 1.29 is 0 Å². The van der Waals surface area contributed by atoms with Crippen molar-refractivity contribution in [2.24, 2.45) is 0 Å². The SMILES string of the molecule is C=CC[Si](C)(Cl)CCl. The molecular formula is C5H10Cl2Si. The van der Waals surface area contributed by atoms with E-state index in [0.29, 0.717) is 5.50 Å². The number of halogens is 2. The van der Waals surface area contributed by atoms with Gasteiger partial charge in [-0.1, -0.05) is 12.6 Å². The first-order valence-corrected chi connectivity index (χ1v) is 6.94. The summed E-state index contributed by atoms with van der Waals surface area (Å²) in [6.45, 7) is 5.62. The molecule has 3 heteroatoms. The summed E-state index contributed by atoms with van der Waals surface area (Å²) >= 11 is 11.5. The van der Waals surface area contributed by atoms with Gasteiger partial charge in [-0.15, -0.1) is 18.2 Å². The number of allylic oxidation sites excluding steroid dienone is 1. The summed E-state index contributed by atoms with van der Waals surface area (Å²) in [4.78, 5) is 0. The average molecular weight is 169 g/mol. The first-order chi connectivity index (χ1) is 3.62. The van der Waals surface area contributed by atoms with Crippen molar-refractivity contribution in [3.8, 4) is 0 Å². The van der Waals surface area contributed by atoms with Crippen LogP contribution in [0.15, 0.2) is 12.7 Å². The molecule has 0 aliphatic heterocycles. The van der Waals surface area contributed by atoms with E-state index < -0.39 is 7.38 Å². The van der Waals surface area contributed by atoms with E-state index in [1.807, 2.05) is 12.6 Å². The summed E-state index contributed by atoms with van der Waals surface area (Å²) in [5.41, 5.74) is 0.612. The minimum Gasteiger partial charge on any atom is -0.166 e. The normalized spacial score (nSPS) is 17.4. The van der Waals surface area contributed by atoms with Gasteiger partial charge < -0.3 is 0 Å². The van der Waals surface area contributed by atoms with Gasteiger partial charge >= 0.3 is 0 Å². The van der Waals surface area contributed by atoms with E-state index in [1.165, 1.54) is 0 Å². The molecule has 0 amide bonds. The summed E-state index contributed by atoms with van der Waals surface area (Å²) < 4.78 is 0. The summed E-state index contributed by atoms with van der Waals surface area (Å²) in [5, 5.41) is 0. The van der Waals surface area contributed by atoms with E-state index in [9.17, 15) is 0 Å². The summed E-state index contributed by atoms with van der Waals surface area (Å²) in [6.07, 6.45) is 1.83. The predicted molar refractivity (Wildman–Crippen MR) is 43.2 cm³/mol. The molecule has 0 spiro atoms. The number of hydrogen-bond acceptors (Lipinski definition) is 0. The largest absolute Gasteiger partial charge is 0.171 e. The lowest BCUT2D eigenvalue weighted by molar-refractivity contribution is 1.59. The Morgan fingerprint density at radius 2 is 2.25 bits per heavy atom. The minimum atomic E-state index is -1.56. The molecule has 48 valence electrons. The molecule has 1 unspecified atom stereocenters. The fourth-order valence-corrected chi connectivity index (χ4v) is 1.72. The Hall–Kier alpha value is 0.537. The molecule has 0 aromatic rings. The van der Waals surface area contributed by atoms with Crippen LogP contribution in [0.1, 0.15) is 0 Å². The molecule has 8 heavy (non-hydrogen) atoms. The highest BCUT2D eigenvalue weighted by Gasteiger charge is 2.20. The first kappa shape index (κ1) is 8.54. The minimum absolute atomic E-state index is 0.612. The highest BCUT2D eigenvalue weighted by molar-refractivity contribution is 7.22. The Bertz CT molecular complexity index is 80.5. The fourth-order valence-electron chi connectivity index (χ4n) is 0.356. The van der Waals surface area contributed by atoms with E-state index in [1.54, 1.807) is 0 Å². The van der Waals surface area contributed by atoms with Gasteiger partial charge in [0.05, 0.1) is 0 Å². The van der Waals surface area contributed by atoms with Gasteiger partial charge in [0.1, 0.15) is 0 Å². The Labute approximate surface area is 61.2 Å². The Kier molecular flexibility index (Phi) is 3.78. The van der Waals surface area contributed by atoms with Crippen LogP contribution in [0.5, 0.6) is 0 Å². The molecule has 0 saturated carbocycles. The average Bonchev–Trinajstić information content (AvgIpc) is 1.67. The van der Waals surface area contributed by atoms with Crippen molar-refractivity contribution in [2.75, 3.05) is 5.50 Å². The lowest BCUT2D eigenvalue weighted by Gasteiger charge is -2.10. The lowest BCUT2D eigenvalue weighted by atomic mass is 10.8. The molecule has 0 aromatic carbocycles. The van der Waals surface area contributed by atoms with E-state index >= 15 is 0 Å². The van der Waals surface area contributed by atoms with E-state index in [2.05, 4.69) is 6.58 Å². The van der Waals surface area contributed by atoms with Crippen molar-refractivity contribution in [1.82, 2.24) is 0 Å². The quantitative estimate of drug-likeness (QED) is 0.264. The first-order valence-electron chi connectivity index (χ1n) is 2.48.